The Morgan fingerprint density at radius 1 is 1.42 bits per heavy atom. The van der Waals surface area contributed by atoms with Crippen molar-refractivity contribution in [1.82, 2.24) is 14.7 Å². The van der Waals surface area contributed by atoms with Crippen molar-refractivity contribution in [2.75, 3.05) is 19.6 Å². The van der Waals surface area contributed by atoms with Crippen molar-refractivity contribution in [3.63, 3.8) is 0 Å². The highest BCUT2D eigenvalue weighted by Gasteiger charge is 2.22. The van der Waals surface area contributed by atoms with Crippen LogP contribution in [0.25, 0.3) is 0 Å². The lowest BCUT2D eigenvalue weighted by Gasteiger charge is -2.31. The van der Waals surface area contributed by atoms with Crippen LogP contribution < -0.4 is 0 Å². The highest BCUT2D eigenvalue weighted by atomic mass is 16.1. The lowest BCUT2D eigenvalue weighted by molar-refractivity contribution is -0.123. The maximum absolute atomic E-state index is 11.7. The first-order valence-corrected chi connectivity index (χ1v) is 7.28. The molecule has 1 saturated heterocycles. The number of likely N-dealkylation sites (tertiary alicyclic amines) is 1. The molecule has 1 aliphatic heterocycles. The summed E-state index contributed by atoms with van der Waals surface area (Å²) in [5.74, 6) is 1.22. The number of rotatable bonds is 5. The molecule has 4 heteroatoms. The van der Waals surface area contributed by atoms with Gasteiger partial charge in [0.15, 0.2) is 0 Å². The third-order valence-electron chi connectivity index (χ3n) is 3.94. The van der Waals surface area contributed by atoms with Crippen LogP contribution in [0.15, 0.2) is 12.4 Å². The van der Waals surface area contributed by atoms with Crippen LogP contribution in [0.3, 0.4) is 0 Å². The number of Topliss-reactive ketones (excluding diaryl/α,β-unsaturated/α-hetero) is 1. The summed E-state index contributed by atoms with van der Waals surface area (Å²) in [4.78, 5) is 14.0. The number of ketones is 1. The molecule has 106 valence electrons. The third kappa shape index (κ3) is 4.16. The predicted octanol–water partition coefficient (Wildman–Crippen LogP) is 2.13. The Morgan fingerprint density at radius 2 is 2.11 bits per heavy atom. The average molecular weight is 263 g/mol. The van der Waals surface area contributed by atoms with Crippen molar-refractivity contribution in [2.45, 2.75) is 40.2 Å². The zero-order valence-electron chi connectivity index (χ0n) is 12.3. The van der Waals surface area contributed by atoms with Crippen LogP contribution in [-0.4, -0.2) is 40.1 Å². The van der Waals surface area contributed by atoms with E-state index in [0.717, 1.165) is 19.6 Å². The minimum Gasteiger partial charge on any atom is -0.298 e. The van der Waals surface area contributed by atoms with Crippen LogP contribution in [-0.2, 0) is 11.3 Å². The van der Waals surface area contributed by atoms with Gasteiger partial charge in [-0.1, -0.05) is 13.8 Å². The van der Waals surface area contributed by atoms with E-state index >= 15 is 0 Å². The molecule has 0 N–H and O–H groups in total. The van der Waals surface area contributed by atoms with Crippen LogP contribution in [0, 0.1) is 18.8 Å². The summed E-state index contributed by atoms with van der Waals surface area (Å²) >= 11 is 0. The van der Waals surface area contributed by atoms with E-state index in [1.807, 2.05) is 20.0 Å². The maximum Gasteiger partial charge on any atom is 0.149 e. The number of nitrogens with zero attached hydrogens (tertiary/aromatic N) is 3. The largest absolute Gasteiger partial charge is 0.298 e. The molecule has 1 aromatic heterocycles. The van der Waals surface area contributed by atoms with E-state index in [9.17, 15) is 4.79 Å². The summed E-state index contributed by atoms with van der Waals surface area (Å²) < 4.78 is 2.05. The molecule has 0 bridgehead atoms. The maximum atomic E-state index is 11.7. The number of aryl methyl sites for hydroxylation is 1. The second-order valence-electron chi connectivity index (χ2n) is 6.08. The first-order chi connectivity index (χ1) is 9.04. The van der Waals surface area contributed by atoms with Crippen molar-refractivity contribution in [1.29, 1.82) is 0 Å². The molecular weight excluding hydrogens is 238 g/mol. The van der Waals surface area contributed by atoms with Crippen molar-refractivity contribution >= 4 is 5.78 Å². The van der Waals surface area contributed by atoms with Gasteiger partial charge in [0.1, 0.15) is 5.78 Å². The van der Waals surface area contributed by atoms with Gasteiger partial charge in [0.05, 0.1) is 12.7 Å². The fourth-order valence-corrected chi connectivity index (χ4v) is 2.56. The molecule has 4 nitrogen and oxygen atoms in total. The van der Waals surface area contributed by atoms with Crippen LogP contribution in [0.4, 0.5) is 0 Å². The van der Waals surface area contributed by atoms with E-state index in [1.165, 1.54) is 18.4 Å². The number of hydrogen-bond acceptors (Lipinski definition) is 3. The van der Waals surface area contributed by atoms with Gasteiger partial charge in [-0.15, -0.1) is 0 Å². The van der Waals surface area contributed by atoms with Gasteiger partial charge in [-0.25, -0.2) is 0 Å². The molecule has 0 unspecified atom stereocenters. The summed E-state index contributed by atoms with van der Waals surface area (Å²) in [6.07, 6.45) is 6.36. The fourth-order valence-electron chi connectivity index (χ4n) is 2.56. The second-order valence-corrected chi connectivity index (χ2v) is 6.08. The lowest BCUT2D eigenvalue weighted by Crippen LogP contribution is -2.39. The second kappa shape index (κ2) is 6.33. The Morgan fingerprint density at radius 3 is 2.63 bits per heavy atom. The van der Waals surface area contributed by atoms with Gasteiger partial charge < -0.3 is 0 Å². The molecule has 0 radical (unpaired) electrons. The standard InChI is InChI=1S/C15H25N3O/c1-12(2)15(19)11-17-6-4-14(5-7-17)10-18-9-13(3)8-16-18/h8-9,12,14H,4-7,10-11H2,1-3H3. The molecule has 0 amide bonds. The van der Waals surface area contributed by atoms with Gasteiger partial charge >= 0.3 is 0 Å². The van der Waals surface area contributed by atoms with Gasteiger partial charge in [0.25, 0.3) is 0 Å². The molecule has 1 aromatic rings. The molecule has 0 spiro atoms. The number of carbonyl (C=O) groups excluding carboxylic acids is 1. The minimum atomic E-state index is 0.157. The molecule has 19 heavy (non-hydrogen) atoms. The van der Waals surface area contributed by atoms with E-state index in [2.05, 4.69) is 27.8 Å². The summed E-state index contributed by atoms with van der Waals surface area (Å²) in [6.45, 7) is 9.77. The van der Waals surface area contributed by atoms with Gasteiger partial charge in [0, 0.05) is 18.7 Å². The lowest BCUT2D eigenvalue weighted by atomic mass is 9.96. The number of carbonyl (C=O) groups is 1. The Labute approximate surface area is 115 Å². The highest BCUT2D eigenvalue weighted by Crippen LogP contribution is 2.19. The van der Waals surface area contributed by atoms with Gasteiger partial charge in [-0.05, 0) is 44.3 Å². The van der Waals surface area contributed by atoms with Crippen LogP contribution in [0.5, 0.6) is 0 Å². The SMILES string of the molecule is Cc1cnn(CC2CCN(CC(=O)C(C)C)CC2)c1. The van der Waals surface area contributed by atoms with Crippen LogP contribution >= 0.6 is 0 Å². The van der Waals surface area contributed by atoms with E-state index in [1.54, 1.807) is 0 Å². The smallest absolute Gasteiger partial charge is 0.149 e. The van der Waals surface area contributed by atoms with Crippen LogP contribution in [0.1, 0.15) is 32.3 Å². The Kier molecular flexibility index (Phi) is 4.75. The summed E-state index contributed by atoms with van der Waals surface area (Å²) in [7, 11) is 0. The molecule has 2 heterocycles. The summed E-state index contributed by atoms with van der Waals surface area (Å²) in [5, 5.41) is 4.35. The van der Waals surface area contributed by atoms with Gasteiger partial charge in [-0.2, -0.15) is 5.10 Å². The third-order valence-corrected chi connectivity index (χ3v) is 3.94. The highest BCUT2D eigenvalue weighted by molar-refractivity contribution is 5.82. The zero-order valence-corrected chi connectivity index (χ0v) is 12.3. The van der Waals surface area contributed by atoms with Crippen molar-refractivity contribution in [2.24, 2.45) is 11.8 Å². The number of hydrogen-bond donors (Lipinski definition) is 0. The molecular formula is C15H25N3O. The average Bonchev–Trinajstić information content (AvgIpc) is 2.77. The first-order valence-electron chi connectivity index (χ1n) is 7.28. The molecule has 0 atom stereocenters. The molecule has 1 fully saturated rings. The van der Waals surface area contributed by atoms with Crippen molar-refractivity contribution in [3.05, 3.63) is 18.0 Å². The van der Waals surface area contributed by atoms with Crippen LogP contribution in [0.2, 0.25) is 0 Å². The first kappa shape index (κ1) is 14.3. The van der Waals surface area contributed by atoms with Crippen molar-refractivity contribution in [3.8, 4) is 0 Å². The van der Waals surface area contributed by atoms with Crippen molar-refractivity contribution < 1.29 is 4.79 Å². The zero-order chi connectivity index (χ0) is 13.8. The topological polar surface area (TPSA) is 38.1 Å². The Bertz CT molecular complexity index is 417. The molecule has 0 aromatic carbocycles. The number of piperidine rings is 1. The van der Waals surface area contributed by atoms with Gasteiger partial charge in [-0.3, -0.25) is 14.4 Å². The normalized spacial score (nSPS) is 18.1. The Hall–Kier alpha value is -1.16. The molecule has 1 aliphatic rings. The van der Waals surface area contributed by atoms with E-state index in [4.69, 9.17) is 0 Å². The minimum absolute atomic E-state index is 0.157. The predicted molar refractivity (Wildman–Crippen MR) is 76.0 cm³/mol. The summed E-state index contributed by atoms with van der Waals surface area (Å²) in [6, 6.07) is 0. The molecule has 2 rings (SSSR count). The van der Waals surface area contributed by atoms with E-state index < -0.39 is 0 Å². The number of aromatic nitrogens is 2. The van der Waals surface area contributed by atoms with E-state index in [-0.39, 0.29) is 5.92 Å². The van der Waals surface area contributed by atoms with E-state index in [0.29, 0.717) is 18.2 Å². The van der Waals surface area contributed by atoms with Gasteiger partial charge in [0.2, 0.25) is 0 Å². The fraction of sp³-hybridized carbons (Fsp3) is 0.733. The molecule has 0 aliphatic carbocycles. The Balaban J connectivity index is 1.75. The molecule has 0 saturated carbocycles. The monoisotopic (exact) mass is 263 g/mol. The summed E-state index contributed by atoms with van der Waals surface area (Å²) in [5.41, 5.74) is 1.22. The quantitative estimate of drug-likeness (QED) is 0.817.